The minimum atomic E-state index is 0.452. The normalized spacial score (nSPS) is 16.9. The van der Waals surface area contributed by atoms with Gasteiger partial charge in [0.2, 0.25) is 0 Å². The van der Waals surface area contributed by atoms with E-state index in [1.54, 1.807) is 24.0 Å². The Morgan fingerprint density at radius 2 is 2.05 bits per heavy atom. The molecule has 1 fully saturated rings. The molecule has 4 rings (SSSR count). The second-order valence-electron chi connectivity index (χ2n) is 4.93. The van der Waals surface area contributed by atoms with Gasteiger partial charge < -0.3 is 4.90 Å². The topological polar surface area (TPSA) is 59.7 Å². The van der Waals surface area contributed by atoms with Crippen LogP contribution in [0.4, 0.5) is 5.82 Å². The third-order valence-corrected chi connectivity index (χ3v) is 4.64. The van der Waals surface area contributed by atoms with E-state index < -0.39 is 0 Å². The van der Waals surface area contributed by atoms with E-state index >= 15 is 0 Å². The third kappa shape index (κ3) is 1.94. The summed E-state index contributed by atoms with van der Waals surface area (Å²) in [6.45, 7) is 1.99. The molecule has 0 N–H and O–H groups in total. The van der Waals surface area contributed by atoms with Gasteiger partial charge in [-0.15, -0.1) is 11.3 Å². The fourth-order valence-corrected chi connectivity index (χ4v) is 3.50. The van der Waals surface area contributed by atoms with Gasteiger partial charge in [0, 0.05) is 13.1 Å². The van der Waals surface area contributed by atoms with E-state index in [1.807, 2.05) is 11.0 Å². The number of piperidine rings is 1. The van der Waals surface area contributed by atoms with Crippen molar-refractivity contribution in [2.45, 2.75) is 18.9 Å². The Morgan fingerprint density at radius 1 is 1.15 bits per heavy atom. The first-order valence-corrected chi connectivity index (χ1v) is 7.57. The van der Waals surface area contributed by atoms with E-state index in [0.717, 1.165) is 42.0 Å². The number of anilines is 1. The van der Waals surface area contributed by atoms with Crippen molar-refractivity contribution in [3.8, 4) is 0 Å². The average molecular weight is 286 g/mol. The predicted octanol–water partition coefficient (Wildman–Crippen LogP) is 2.12. The largest absolute Gasteiger partial charge is 0.356 e. The molecule has 4 heterocycles. The smallest absolute Gasteiger partial charge is 0.140 e. The lowest BCUT2D eigenvalue weighted by molar-refractivity contribution is 0.365. The van der Waals surface area contributed by atoms with Crippen molar-refractivity contribution in [1.82, 2.24) is 24.7 Å². The highest BCUT2D eigenvalue weighted by Crippen LogP contribution is 2.30. The van der Waals surface area contributed by atoms with Gasteiger partial charge in [0.1, 0.15) is 29.6 Å². The molecule has 1 saturated heterocycles. The van der Waals surface area contributed by atoms with Crippen LogP contribution in [0.25, 0.3) is 10.2 Å². The number of fused-ring (bicyclic) bond motifs is 1. The molecule has 7 heteroatoms. The van der Waals surface area contributed by atoms with Crippen LogP contribution in [0.3, 0.4) is 0 Å². The van der Waals surface area contributed by atoms with E-state index in [-0.39, 0.29) is 0 Å². The lowest BCUT2D eigenvalue weighted by Gasteiger charge is -2.32. The van der Waals surface area contributed by atoms with Crippen LogP contribution in [0.15, 0.2) is 30.4 Å². The van der Waals surface area contributed by atoms with Gasteiger partial charge in [-0.3, -0.25) is 0 Å². The highest BCUT2D eigenvalue weighted by atomic mass is 32.1. The minimum absolute atomic E-state index is 0.452. The van der Waals surface area contributed by atoms with Gasteiger partial charge in [-0.25, -0.2) is 19.6 Å². The third-order valence-electron chi connectivity index (χ3n) is 3.82. The number of hydrogen-bond donors (Lipinski definition) is 0. The van der Waals surface area contributed by atoms with Crippen molar-refractivity contribution in [2.24, 2.45) is 0 Å². The first-order valence-electron chi connectivity index (χ1n) is 6.69. The quantitative estimate of drug-likeness (QED) is 0.722. The van der Waals surface area contributed by atoms with Gasteiger partial charge in [-0.05, 0) is 24.3 Å². The van der Waals surface area contributed by atoms with E-state index in [2.05, 4.69) is 36.4 Å². The maximum atomic E-state index is 4.48. The summed E-state index contributed by atoms with van der Waals surface area (Å²) in [6.07, 6.45) is 7.21. The highest BCUT2D eigenvalue weighted by Gasteiger charge is 2.23. The van der Waals surface area contributed by atoms with E-state index in [9.17, 15) is 0 Å². The number of thiophene rings is 1. The number of nitrogens with zero attached hydrogens (tertiary/aromatic N) is 6. The van der Waals surface area contributed by atoms with Crippen LogP contribution < -0.4 is 4.90 Å². The molecule has 0 bridgehead atoms. The van der Waals surface area contributed by atoms with Crippen LogP contribution in [0.2, 0.25) is 0 Å². The van der Waals surface area contributed by atoms with Crippen LogP contribution in [0, 0.1) is 0 Å². The van der Waals surface area contributed by atoms with Crippen molar-refractivity contribution in [3.63, 3.8) is 0 Å². The second kappa shape index (κ2) is 4.82. The molecule has 102 valence electrons. The molecule has 0 atom stereocenters. The maximum absolute atomic E-state index is 4.48. The maximum Gasteiger partial charge on any atom is 0.140 e. The molecule has 0 aliphatic carbocycles. The Kier molecular flexibility index (Phi) is 2.84. The summed E-state index contributed by atoms with van der Waals surface area (Å²) in [5.41, 5.74) is 0. The molecule has 3 aromatic rings. The molecule has 20 heavy (non-hydrogen) atoms. The fraction of sp³-hybridized carbons (Fsp3) is 0.385. The Bertz CT molecular complexity index is 699. The van der Waals surface area contributed by atoms with Crippen LogP contribution in [-0.4, -0.2) is 37.8 Å². The van der Waals surface area contributed by atoms with Gasteiger partial charge in [0.25, 0.3) is 0 Å². The van der Waals surface area contributed by atoms with E-state index in [1.165, 1.54) is 0 Å². The Balaban J connectivity index is 1.56. The van der Waals surface area contributed by atoms with Crippen molar-refractivity contribution < 1.29 is 0 Å². The molecule has 0 saturated carbocycles. The lowest BCUT2D eigenvalue weighted by atomic mass is 10.1. The molecule has 3 aromatic heterocycles. The van der Waals surface area contributed by atoms with Crippen LogP contribution >= 0.6 is 11.3 Å². The Labute approximate surface area is 120 Å². The van der Waals surface area contributed by atoms with Gasteiger partial charge in [0.15, 0.2) is 0 Å². The zero-order valence-electron chi connectivity index (χ0n) is 10.9. The summed E-state index contributed by atoms with van der Waals surface area (Å²) < 4.78 is 1.97. The summed E-state index contributed by atoms with van der Waals surface area (Å²) in [5.74, 6) is 1.06. The van der Waals surface area contributed by atoms with Crippen LogP contribution in [-0.2, 0) is 0 Å². The predicted molar refractivity (Wildman–Crippen MR) is 77.9 cm³/mol. The number of hydrogen-bond acceptors (Lipinski definition) is 6. The summed E-state index contributed by atoms with van der Waals surface area (Å²) in [7, 11) is 0. The summed E-state index contributed by atoms with van der Waals surface area (Å²) in [6, 6.07) is 2.56. The average Bonchev–Trinajstić information content (AvgIpc) is 3.18. The summed E-state index contributed by atoms with van der Waals surface area (Å²) in [4.78, 5) is 16.2. The van der Waals surface area contributed by atoms with Gasteiger partial charge in [-0.1, -0.05) is 0 Å². The second-order valence-corrected chi connectivity index (χ2v) is 5.82. The lowest BCUT2D eigenvalue weighted by Crippen LogP contribution is -2.35. The zero-order chi connectivity index (χ0) is 13.4. The molecule has 0 spiro atoms. The summed E-state index contributed by atoms with van der Waals surface area (Å²) in [5, 5.41) is 7.48. The van der Waals surface area contributed by atoms with Crippen molar-refractivity contribution in [2.75, 3.05) is 18.0 Å². The number of aromatic nitrogens is 5. The fourth-order valence-electron chi connectivity index (χ4n) is 2.78. The van der Waals surface area contributed by atoms with Crippen molar-refractivity contribution >= 4 is 27.4 Å². The van der Waals surface area contributed by atoms with Crippen LogP contribution in [0.5, 0.6) is 0 Å². The van der Waals surface area contributed by atoms with Gasteiger partial charge in [-0.2, -0.15) is 5.10 Å². The van der Waals surface area contributed by atoms with E-state index in [4.69, 9.17) is 0 Å². The molecule has 1 aliphatic heterocycles. The van der Waals surface area contributed by atoms with Crippen molar-refractivity contribution in [1.29, 1.82) is 0 Å². The molecule has 1 aliphatic rings. The number of rotatable bonds is 2. The first-order chi connectivity index (χ1) is 9.92. The standard InChI is InChI=1S/C13H14N6S/c1-4-18(5-2-10(1)19-9-14-7-17-19)12-11-3-6-20-13(11)16-8-15-12/h3,6-10H,1-2,4-5H2. The molecular weight excluding hydrogens is 272 g/mol. The zero-order valence-corrected chi connectivity index (χ0v) is 11.7. The summed E-state index contributed by atoms with van der Waals surface area (Å²) >= 11 is 1.66. The van der Waals surface area contributed by atoms with E-state index in [0.29, 0.717) is 6.04 Å². The molecule has 0 amide bonds. The van der Waals surface area contributed by atoms with Crippen molar-refractivity contribution in [3.05, 3.63) is 30.4 Å². The molecule has 0 radical (unpaired) electrons. The first kappa shape index (κ1) is 11.8. The van der Waals surface area contributed by atoms with Gasteiger partial charge >= 0.3 is 0 Å². The molecule has 0 unspecified atom stereocenters. The van der Waals surface area contributed by atoms with Crippen LogP contribution in [0.1, 0.15) is 18.9 Å². The highest BCUT2D eigenvalue weighted by molar-refractivity contribution is 7.16. The Morgan fingerprint density at radius 3 is 2.85 bits per heavy atom. The monoisotopic (exact) mass is 286 g/mol. The molecule has 0 aromatic carbocycles. The molecule has 6 nitrogen and oxygen atoms in total. The SMILES string of the molecule is c1nc(N2CCC(n3cncn3)CC2)c2ccsc2n1. The molecular formula is C13H14N6S. The van der Waals surface area contributed by atoms with Gasteiger partial charge in [0.05, 0.1) is 11.4 Å². The Hall–Kier alpha value is -2.02. The minimum Gasteiger partial charge on any atom is -0.356 e.